The normalized spacial score (nSPS) is 14.9. The maximum atomic E-state index is 3.40. The lowest BCUT2D eigenvalue weighted by atomic mass is 9.85. The Bertz CT molecular complexity index is 202. The lowest BCUT2D eigenvalue weighted by Crippen LogP contribution is -2.10. The molecular formula is C14H24. The van der Waals surface area contributed by atoms with Crippen molar-refractivity contribution >= 4 is 0 Å². The number of hydrogen-bond donors (Lipinski definition) is 0. The van der Waals surface area contributed by atoms with E-state index in [9.17, 15) is 0 Å². The van der Waals surface area contributed by atoms with Gasteiger partial charge in [0.2, 0.25) is 0 Å². The first-order valence-electron chi connectivity index (χ1n) is 5.89. The van der Waals surface area contributed by atoms with Gasteiger partial charge in [-0.2, -0.15) is 0 Å². The average molecular weight is 192 g/mol. The summed E-state index contributed by atoms with van der Waals surface area (Å²) >= 11 is 0. The second kappa shape index (κ2) is 8.88. The van der Waals surface area contributed by atoms with Crippen LogP contribution in [0, 0.1) is 23.7 Å². The average Bonchev–Trinajstić information content (AvgIpc) is 2.23. The van der Waals surface area contributed by atoms with Crippen LogP contribution in [0.4, 0.5) is 0 Å². The van der Waals surface area contributed by atoms with E-state index in [4.69, 9.17) is 0 Å². The topological polar surface area (TPSA) is 0 Å². The molecule has 14 heavy (non-hydrogen) atoms. The van der Waals surface area contributed by atoms with Gasteiger partial charge in [-0.1, -0.05) is 45.3 Å². The quantitative estimate of drug-likeness (QED) is 0.447. The predicted molar refractivity (Wildman–Crippen MR) is 65.1 cm³/mol. The summed E-state index contributed by atoms with van der Waals surface area (Å²) in [5, 5.41) is 0. The van der Waals surface area contributed by atoms with Crippen molar-refractivity contribution in [3.8, 4) is 11.8 Å². The summed E-state index contributed by atoms with van der Waals surface area (Å²) in [4.78, 5) is 0. The van der Waals surface area contributed by atoms with Gasteiger partial charge in [0.25, 0.3) is 0 Å². The summed E-state index contributed by atoms with van der Waals surface area (Å²) < 4.78 is 0. The monoisotopic (exact) mass is 192 g/mol. The highest BCUT2D eigenvalue weighted by Crippen LogP contribution is 2.22. The van der Waals surface area contributed by atoms with Crippen LogP contribution in [0.2, 0.25) is 0 Å². The van der Waals surface area contributed by atoms with Gasteiger partial charge in [0, 0.05) is 12.3 Å². The van der Waals surface area contributed by atoms with Gasteiger partial charge in [-0.05, 0) is 25.7 Å². The van der Waals surface area contributed by atoms with Gasteiger partial charge in [-0.25, -0.2) is 0 Å². The third kappa shape index (κ3) is 5.12. The summed E-state index contributed by atoms with van der Waals surface area (Å²) in [6.45, 7) is 8.72. The number of hydrogen-bond acceptors (Lipinski definition) is 0. The van der Waals surface area contributed by atoms with Crippen LogP contribution in [0.3, 0.4) is 0 Å². The second-order valence-corrected chi connectivity index (χ2v) is 3.66. The van der Waals surface area contributed by atoms with Crippen LogP contribution < -0.4 is 0 Å². The van der Waals surface area contributed by atoms with E-state index < -0.39 is 0 Å². The summed E-state index contributed by atoms with van der Waals surface area (Å²) in [5.41, 5.74) is 0. The Labute approximate surface area is 89.8 Å². The molecule has 0 aromatic rings. The Morgan fingerprint density at radius 3 is 2.29 bits per heavy atom. The summed E-state index contributed by atoms with van der Waals surface area (Å²) in [7, 11) is 0. The summed E-state index contributed by atoms with van der Waals surface area (Å²) in [6, 6.07) is 0. The maximum absolute atomic E-state index is 3.40. The molecule has 2 atom stereocenters. The SMILES string of the molecule is CC=CCC(CC)C(C#CCC)CC. The Morgan fingerprint density at radius 2 is 1.86 bits per heavy atom. The van der Waals surface area contributed by atoms with Gasteiger partial charge in [-0.15, -0.1) is 5.92 Å². The number of allylic oxidation sites excluding steroid dienone is 2. The third-order valence-electron chi connectivity index (χ3n) is 2.67. The molecule has 0 aliphatic rings. The molecule has 0 aliphatic heterocycles. The second-order valence-electron chi connectivity index (χ2n) is 3.66. The molecule has 0 fully saturated rings. The molecule has 0 bridgehead atoms. The van der Waals surface area contributed by atoms with Crippen molar-refractivity contribution < 1.29 is 0 Å². The fraction of sp³-hybridized carbons (Fsp3) is 0.714. The highest BCUT2D eigenvalue weighted by molar-refractivity contribution is 5.05. The van der Waals surface area contributed by atoms with E-state index in [1.54, 1.807) is 0 Å². The molecule has 0 aromatic heterocycles. The molecule has 0 saturated carbocycles. The van der Waals surface area contributed by atoms with Crippen molar-refractivity contribution in [1.82, 2.24) is 0 Å². The molecule has 0 spiro atoms. The highest BCUT2D eigenvalue weighted by atomic mass is 14.2. The molecule has 0 radical (unpaired) electrons. The first kappa shape index (κ1) is 13.3. The fourth-order valence-corrected chi connectivity index (χ4v) is 1.71. The van der Waals surface area contributed by atoms with Crippen LogP contribution in [-0.2, 0) is 0 Å². The first-order valence-corrected chi connectivity index (χ1v) is 5.89. The van der Waals surface area contributed by atoms with Crippen LogP contribution >= 0.6 is 0 Å². The van der Waals surface area contributed by atoms with Crippen LogP contribution in [0.25, 0.3) is 0 Å². The van der Waals surface area contributed by atoms with Crippen LogP contribution in [0.1, 0.15) is 53.4 Å². The largest absolute Gasteiger partial charge is 0.103 e. The molecule has 0 rings (SSSR count). The minimum Gasteiger partial charge on any atom is -0.103 e. The van der Waals surface area contributed by atoms with Crippen molar-refractivity contribution in [1.29, 1.82) is 0 Å². The lowest BCUT2D eigenvalue weighted by molar-refractivity contribution is 0.388. The van der Waals surface area contributed by atoms with E-state index in [-0.39, 0.29) is 0 Å². The number of rotatable bonds is 5. The Kier molecular flexibility index (Phi) is 8.43. The Morgan fingerprint density at radius 1 is 1.14 bits per heavy atom. The van der Waals surface area contributed by atoms with E-state index >= 15 is 0 Å². The molecule has 80 valence electrons. The molecule has 0 aromatic carbocycles. The van der Waals surface area contributed by atoms with Crippen molar-refractivity contribution in [3.63, 3.8) is 0 Å². The van der Waals surface area contributed by atoms with E-state index in [2.05, 4.69) is 51.7 Å². The van der Waals surface area contributed by atoms with Crippen molar-refractivity contribution in [2.75, 3.05) is 0 Å². The van der Waals surface area contributed by atoms with Crippen molar-refractivity contribution in [2.24, 2.45) is 11.8 Å². The molecular weight excluding hydrogens is 168 g/mol. The van der Waals surface area contributed by atoms with E-state index in [1.165, 1.54) is 19.3 Å². The molecule has 0 amide bonds. The summed E-state index contributed by atoms with van der Waals surface area (Å²) in [5.74, 6) is 7.95. The smallest absolute Gasteiger partial charge is 0.0231 e. The van der Waals surface area contributed by atoms with Crippen molar-refractivity contribution in [2.45, 2.75) is 53.4 Å². The van der Waals surface area contributed by atoms with E-state index in [0.29, 0.717) is 5.92 Å². The maximum Gasteiger partial charge on any atom is 0.0231 e. The fourth-order valence-electron chi connectivity index (χ4n) is 1.71. The van der Waals surface area contributed by atoms with Crippen LogP contribution in [-0.4, -0.2) is 0 Å². The molecule has 0 heterocycles. The molecule has 0 saturated heterocycles. The minimum atomic E-state index is 0.594. The molecule has 0 heteroatoms. The van der Waals surface area contributed by atoms with Gasteiger partial charge in [-0.3, -0.25) is 0 Å². The molecule has 0 N–H and O–H groups in total. The van der Waals surface area contributed by atoms with Gasteiger partial charge in [0.15, 0.2) is 0 Å². The van der Waals surface area contributed by atoms with Gasteiger partial charge in [0.1, 0.15) is 0 Å². The van der Waals surface area contributed by atoms with E-state index in [0.717, 1.165) is 12.3 Å². The first-order chi connectivity index (χ1) is 6.79. The van der Waals surface area contributed by atoms with Crippen LogP contribution in [0.15, 0.2) is 12.2 Å². The van der Waals surface area contributed by atoms with Crippen molar-refractivity contribution in [3.05, 3.63) is 12.2 Å². The predicted octanol–water partition coefficient (Wildman–Crippen LogP) is 4.42. The van der Waals surface area contributed by atoms with Crippen LogP contribution in [0.5, 0.6) is 0 Å². The van der Waals surface area contributed by atoms with Gasteiger partial charge in [0.05, 0.1) is 0 Å². The summed E-state index contributed by atoms with van der Waals surface area (Å²) in [6.07, 6.45) is 9.00. The minimum absolute atomic E-state index is 0.594. The third-order valence-corrected chi connectivity index (χ3v) is 2.67. The van der Waals surface area contributed by atoms with Gasteiger partial charge < -0.3 is 0 Å². The van der Waals surface area contributed by atoms with Gasteiger partial charge >= 0.3 is 0 Å². The Balaban J connectivity index is 4.28. The van der Waals surface area contributed by atoms with E-state index in [1.807, 2.05) is 0 Å². The highest BCUT2D eigenvalue weighted by Gasteiger charge is 2.14. The zero-order valence-corrected chi connectivity index (χ0v) is 10.1. The zero-order chi connectivity index (χ0) is 10.8. The Hall–Kier alpha value is -0.700. The molecule has 0 nitrogen and oxygen atoms in total. The molecule has 2 unspecified atom stereocenters. The lowest BCUT2D eigenvalue weighted by Gasteiger charge is -2.18. The molecule has 0 aliphatic carbocycles. The zero-order valence-electron chi connectivity index (χ0n) is 10.1. The standard InChI is InChI=1S/C14H24/c1-5-9-11-13(7-3)14(8-4)12-10-6-2/h5,9,13-14H,6-8,11H2,1-4H3.